The molecule has 0 amide bonds. The fourth-order valence-corrected chi connectivity index (χ4v) is 2.38. The minimum Gasteiger partial charge on any atom is -0.396 e. The van der Waals surface area contributed by atoms with Gasteiger partial charge in [-0.25, -0.2) is 0 Å². The number of rotatable bonds is 1. The Morgan fingerprint density at radius 2 is 2.00 bits per heavy atom. The molecule has 1 atom stereocenters. The van der Waals surface area contributed by atoms with E-state index in [1.165, 1.54) is 0 Å². The average molecular weight is 186 g/mol. The molecular weight excluding hydrogens is 168 g/mol. The molecule has 2 fully saturated rings. The molecule has 0 aromatic rings. The summed E-state index contributed by atoms with van der Waals surface area (Å²) in [6.07, 6.45) is 4.04. The predicted octanol–water partition coefficient (Wildman–Crippen LogP) is 0.954. The van der Waals surface area contributed by atoms with Gasteiger partial charge in [-0.05, 0) is 31.6 Å². The summed E-state index contributed by atoms with van der Waals surface area (Å²) in [7, 11) is 0. The molecule has 3 heteroatoms. The van der Waals surface area contributed by atoms with Gasteiger partial charge in [-0.2, -0.15) is 0 Å². The van der Waals surface area contributed by atoms with E-state index in [1.807, 2.05) is 0 Å². The summed E-state index contributed by atoms with van der Waals surface area (Å²) in [5.74, 6) is 0.451. The summed E-state index contributed by atoms with van der Waals surface area (Å²) in [6.45, 7) is 2.76. The van der Waals surface area contributed by atoms with Crippen LogP contribution < -0.4 is 0 Å². The molecule has 13 heavy (non-hydrogen) atoms. The summed E-state index contributed by atoms with van der Waals surface area (Å²) >= 11 is 0. The van der Waals surface area contributed by atoms with Crippen molar-refractivity contribution < 1.29 is 14.6 Å². The van der Waals surface area contributed by atoms with Gasteiger partial charge in [0.25, 0.3) is 0 Å². The quantitative estimate of drug-likeness (QED) is 0.662. The van der Waals surface area contributed by atoms with Crippen LogP contribution in [-0.4, -0.2) is 37.1 Å². The van der Waals surface area contributed by atoms with Crippen LogP contribution in [0.2, 0.25) is 0 Å². The monoisotopic (exact) mass is 186 g/mol. The summed E-state index contributed by atoms with van der Waals surface area (Å²) in [5, 5.41) is 9.12. The summed E-state index contributed by atoms with van der Waals surface area (Å²) in [4.78, 5) is 0. The van der Waals surface area contributed by atoms with E-state index in [1.54, 1.807) is 0 Å². The van der Waals surface area contributed by atoms with Crippen molar-refractivity contribution >= 4 is 0 Å². The number of hydrogen-bond acceptors (Lipinski definition) is 3. The first kappa shape index (κ1) is 9.44. The van der Waals surface area contributed by atoms with Gasteiger partial charge in [-0.15, -0.1) is 0 Å². The van der Waals surface area contributed by atoms with Crippen molar-refractivity contribution in [3.8, 4) is 0 Å². The van der Waals surface area contributed by atoms with Crippen molar-refractivity contribution in [2.45, 2.75) is 31.3 Å². The molecule has 0 saturated carbocycles. The molecule has 1 spiro atoms. The Kier molecular flexibility index (Phi) is 2.86. The van der Waals surface area contributed by atoms with Crippen LogP contribution in [0, 0.1) is 5.92 Å². The SMILES string of the molecule is OCC1CCOC2(CCOCC2)C1. The topological polar surface area (TPSA) is 38.7 Å². The van der Waals surface area contributed by atoms with Gasteiger partial charge in [-0.3, -0.25) is 0 Å². The Hall–Kier alpha value is -0.120. The van der Waals surface area contributed by atoms with Crippen LogP contribution in [0.5, 0.6) is 0 Å². The van der Waals surface area contributed by atoms with Gasteiger partial charge in [-0.1, -0.05) is 0 Å². The maximum absolute atomic E-state index is 9.12. The van der Waals surface area contributed by atoms with Crippen molar-refractivity contribution in [3.63, 3.8) is 0 Å². The van der Waals surface area contributed by atoms with E-state index >= 15 is 0 Å². The van der Waals surface area contributed by atoms with E-state index in [0.29, 0.717) is 12.5 Å². The van der Waals surface area contributed by atoms with Crippen molar-refractivity contribution in [1.29, 1.82) is 0 Å². The largest absolute Gasteiger partial charge is 0.396 e. The van der Waals surface area contributed by atoms with Crippen LogP contribution in [0.3, 0.4) is 0 Å². The number of aliphatic hydroxyl groups excluding tert-OH is 1. The summed E-state index contributed by atoms with van der Waals surface area (Å²) in [5.41, 5.74) is 0.0455. The van der Waals surface area contributed by atoms with E-state index in [4.69, 9.17) is 14.6 Å². The maximum Gasteiger partial charge on any atom is 0.0729 e. The van der Waals surface area contributed by atoms with Crippen molar-refractivity contribution in [1.82, 2.24) is 0 Å². The molecule has 0 aliphatic carbocycles. The molecule has 0 aromatic heterocycles. The van der Waals surface area contributed by atoms with Gasteiger partial charge in [0.05, 0.1) is 5.60 Å². The summed E-state index contributed by atoms with van der Waals surface area (Å²) < 4.78 is 11.2. The van der Waals surface area contributed by atoms with E-state index < -0.39 is 0 Å². The first-order valence-corrected chi connectivity index (χ1v) is 5.17. The Labute approximate surface area is 79.0 Å². The van der Waals surface area contributed by atoms with Crippen LogP contribution in [-0.2, 0) is 9.47 Å². The standard InChI is InChI=1S/C10H18O3/c11-8-9-1-4-13-10(7-9)2-5-12-6-3-10/h9,11H,1-8H2. The highest BCUT2D eigenvalue weighted by Gasteiger charge is 2.38. The number of aliphatic hydroxyl groups is 1. The first-order chi connectivity index (χ1) is 6.35. The highest BCUT2D eigenvalue weighted by atomic mass is 16.5. The Bertz CT molecular complexity index is 158. The van der Waals surface area contributed by atoms with Gasteiger partial charge in [0, 0.05) is 26.4 Å². The highest BCUT2D eigenvalue weighted by Crippen LogP contribution is 2.36. The van der Waals surface area contributed by atoms with Crippen molar-refractivity contribution in [2.24, 2.45) is 5.92 Å². The van der Waals surface area contributed by atoms with Gasteiger partial charge in [0.2, 0.25) is 0 Å². The Balaban J connectivity index is 1.95. The molecule has 0 aromatic carbocycles. The van der Waals surface area contributed by atoms with Crippen LogP contribution in [0.1, 0.15) is 25.7 Å². The van der Waals surface area contributed by atoms with Crippen molar-refractivity contribution in [2.75, 3.05) is 26.4 Å². The molecular formula is C10H18O3. The molecule has 0 bridgehead atoms. The predicted molar refractivity (Wildman–Crippen MR) is 48.5 cm³/mol. The zero-order valence-corrected chi connectivity index (χ0v) is 8.00. The lowest BCUT2D eigenvalue weighted by Gasteiger charge is -2.42. The molecule has 1 unspecified atom stereocenters. The molecule has 3 nitrogen and oxygen atoms in total. The van der Waals surface area contributed by atoms with Gasteiger partial charge < -0.3 is 14.6 Å². The summed E-state index contributed by atoms with van der Waals surface area (Å²) in [6, 6.07) is 0. The average Bonchev–Trinajstić information content (AvgIpc) is 2.19. The van der Waals surface area contributed by atoms with Crippen LogP contribution in [0.4, 0.5) is 0 Å². The highest BCUT2D eigenvalue weighted by molar-refractivity contribution is 4.88. The molecule has 2 aliphatic heterocycles. The molecule has 2 heterocycles. The molecule has 0 radical (unpaired) electrons. The lowest BCUT2D eigenvalue weighted by Crippen LogP contribution is -2.45. The van der Waals surface area contributed by atoms with Crippen LogP contribution in [0.25, 0.3) is 0 Å². The van der Waals surface area contributed by atoms with E-state index in [9.17, 15) is 0 Å². The lowest BCUT2D eigenvalue weighted by molar-refractivity contribution is -0.150. The second kappa shape index (κ2) is 3.95. The number of ether oxygens (including phenoxy) is 2. The van der Waals surface area contributed by atoms with Gasteiger partial charge in [0.15, 0.2) is 0 Å². The Morgan fingerprint density at radius 1 is 1.23 bits per heavy atom. The smallest absolute Gasteiger partial charge is 0.0729 e. The van der Waals surface area contributed by atoms with Gasteiger partial charge >= 0.3 is 0 Å². The molecule has 2 aliphatic rings. The third-order valence-corrected chi connectivity index (χ3v) is 3.26. The zero-order chi connectivity index (χ0) is 9.15. The van der Waals surface area contributed by atoms with E-state index in [0.717, 1.165) is 45.5 Å². The van der Waals surface area contributed by atoms with Gasteiger partial charge in [0.1, 0.15) is 0 Å². The fraction of sp³-hybridized carbons (Fsp3) is 1.00. The normalized spacial score (nSPS) is 33.5. The molecule has 2 rings (SSSR count). The maximum atomic E-state index is 9.12. The second-order valence-electron chi connectivity index (χ2n) is 4.19. The minimum atomic E-state index is 0.0455. The number of hydrogen-bond donors (Lipinski definition) is 1. The second-order valence-corrected chi connectivity index (χ2v) is 4.19. The molecule has 2 saturated heterocycles. The lowest BCUT2D eigenvalue weighted by atomic mass is 9.81. The van der Waals surface area contributed by atoms with Crippen molar-refractivity contribution in [3.05, 3.63) is 0 Å². The van der Waals surface area contributed by atoms with E-state index in [-0.39, 0.29) is 5.60 Å². The third kappa shape index (κ3) is 2.03. The van der Waals surface area contributed by atoms with E-state index in [2.05, 4.69) is 0 Å². The zero-order valence-electron chi connectivity index (χ0n) is 8.00. The minimum absolute atomic E-state index is 0.0455. The first-order valence-electron chi connectivity index (χ1n) is 5.17. The fourth-order valence-electron chi connectivity index (χ4n) is 2.38. The van der Waals surface area contributed by atoms with Crippen LogP contribution >= 0.6 is 0 Å². The molecule has 76 valence electrons. The third-order valence-electron chi connectivity index (χ3n) is 3.26. The molecule has 1 N–H and O–H groups in total. The van der Waals surface area contributed by atoms with Crippen LogP contribution in [0.15, 0.2) is 0 Å². The Morgan fingerprint density at radius 3 is 2.69 bits per heavy atom.